The molecule has 0 unspecified atom stereocenters. The highest BCUT2D eigenvalue weighted by Crippen LogP contribution is 2.38. The lowest BCUT2D eigenvalue weighted by atomic mass is 10.1. The molecule has 4 rings (SSSR count). The minimum atomic E-state index is -0.689. The van der Waals surface area contributed by atoms with Crippen LogP contribution in [0.3, 0.4) is 0 Å². The van der Waals surface area contributed by atoms with Crippen LogP contribution in [-0.2, 0) is 4.79 Å². The van der Waals surface area contributed by atoms with Gasteiger partial charge in [0.1, 0.15) is 6.04 Å². The smallest absolute Gasteiger partial charge is 0.259 e. The summed E-state index contributed by atoms with van der Waals surface area (Å²) in [5, 5.41) is 13.6. The number of hydrogen-bond acceptors (Lipinski definition) is 3. The van der Waals surface area contributed by atoms with E-state index in [2.05, 4.69) is 5.32 Å². The van der Waals surface area contributed by atoms with Gasteiger partial charge in [0.15, 0.2) is 0 Å². The first kappa shape index (κ1) is 15.9. The summed E-state index contributed by atoms with van der Waals surface area (Å²) in [7, 11) is 0. The zero-order chi connectivity index (χ0) is 18.3. The molecule has 2 amide bonds. The Morgan fingerprint density at radius 2 is 1.85 bits per heavy atom. The van der Waals surface area contributed by atoms with Crippen molar-refractivity contribution in [3.63, 3.8) is 0 Å². The maximum Gasteiger partial charge on any atom is 0.259 e. The Morgan fingerprint density at radius 1 is 1.12 bits per heavy atom. The third-order valence-electron chi connectivity index (χ3n) is 4.62. The number of amides is 2. The molecule has 0 saturated heterocycles. The number of carbonyl (C=O) groups excluding carboxylic acids is 2. The number of rotatable bonds is 3. The Hall–Kier alpha value is -3.65. The van der Waals surface area contributed by atoms with Crippen LogP contribution in [0.5, 0.6) is 0 Å². The molecular weight excluding hydrogens is 326 g/mol. The van der Waals surface area contributed by atoms with Gasteiger partial charge in [0.2, 0.25) is 5.91 Å². The number of hydrogen-bond donors (Lipinski definition) is 1. The van der Waals surface area contributed by atoms with Crippen LogP contribution in [0, 0.1) is 11.3 Å². The highest BCUT2D eigenvalue weighted by atomic mass is 16.2. The maximum atomic E-state index is 12.9. The van der Waals surface area contributed by atoms with Crippen molar-refractivity contribution in [2.75, 3.05) is 10.2 Å². The van der Waals surface area contributed by atoms with E-state index in [9.17, 15) is 9.59 Å². The summed E-state index contributed by atoms with van der Waals surface area (Å²) >= 11 is 0. The lowest BCUT2D eigenvalue weighted by Crippen LogP contribution is -2.44. The third kappa shape index (κ3) is 2.40. The van der Waals surface area contributed by atoms with E-state index < -0.39 is 6.04 Å². The quantitative estimate of drug-likeness (QED) is 0.789. The van der Waals surface area contributed by atoms with Gasteiger partial charge in [-0.15, -0.1) is 0 Å². The molecule has 1 N–H and O–H groups in total. The third-order valence-corrected chi connectivity index (χ3v) is 4.62. The van der Waals surface area contributed by atoms with Crippen LogP contribution >= 0.6 is 0 Å². The van der Waals surface area contributed by atoms with Crippen molar-refractivity contribution in [2.24, 2.45) is 0 Å². The summed E-state index contributed by atoms with van der Waals surface area (Å²) in [6.45, 7) is 1.70. The minimum absolute atomic E-state index is 0.176. The predicted octanol–water partition coefficient (Wildman–Crippen LogP) is 3.70. The molecule has 0 bridgehead atoms. The van der Waals surface area contributed by atoms with Gasteiger partial charge >= 0.3 is 0 Å². The Kier molecular flexibility index (Phi) is 3.67. The van der Waals surface area contributed by atoms with Crippen molar-refractivity contribution in [3.05, 3.63) is 71.8 Å². The van der Waals surface area contributed by atoms with E-state index in [1.165, 1.54) is 4.90 Å². The van der Waals surface area contributed by atoms with E-state index in [1.54, 1.807) is 37.3 Å². The molecule has 1 atom stereocenters. The number of benzene rings is 3. The van der Waals surface area contributed by atoms with Crippen LogP contribution in [0.25, 0.3) is 10.8 Å². The lowest BCUT2D eigenvalue weighted by molar-refractivity contribution is -0.117. The normalized spacial score (nSPS) is 13.5. The van der Waals surface area contributed by atoms with Crippen LogP contribution in [0.2, 0.25) is 0 Å². The summed E-state index contributed by atoms with van der Waals surface area (Å²) in [6.07, 6.45) is 0. The summed E-state index contributed by atoms with van der Waals surface area (Å²) in [4.78, 5) is 27.1. The molecule has 3 aromatic rings. The summed E-state index contributed by atoms with van der Waals surface area (Å²) in [6, 6.07) is 19.3. The van der Waals surface area contributed by atoms with Crippen LogP contribution in [0.15, 0.2) is 60.7 Å². The van der Waals surface area contributed by atoms with Gasteiger partial charge in [-0.05, 0) is 42.6 Å². The topological polar surface area (TPSA) is 73.2 Å². The number of nitrogens with zero attached hydrogens (tertiary/aromatic N) is 2. The molecule has 5 heteroatoms. The van der Waals surface area contributed by atoms with Gasteiger partial charge in [-0.2, -0.15) is 5.26 Å². The van der Waals surface area contributed by atoms with Crippen molar-refractivity contribution in [2.45, 2.75) is 13.0 Å². The van der Waals surface area contributed by atoms with E-state index in [-0.39, 0.29) is 11.8 Å². The van der Waals surface area contributed by atoms with Crippen molar-refractivity contribution in [1.82, 2.24) is 0 Å². The van der Waals surface area contributed by atoms with Crippen LogP contribution in [0.1, 0.15) is 22.8 Å². The van der Waals surface area contributed by atoms with Crippen LogP contribution in [-0.4, -0.2) is 17.9 Å². The molecule has 0 aromatic heterocycles. The molecule has 3 aromatic carbocycles. The van der Waals surface area contributed by atoms with Gasteiger partial charge in [0.05, 0.1) is 17.3 Å². The fraction of sp³-hybridized carbons (Fsp3) is 0.0952. The zero-order valence-electron chi connectivity index (χ0n) is 14.1. The molecule has 0 spiro atoms. The standard InChI is InChI=1S/C21H15N3O2/c1-13(20(25)23-16-8-2-5-14(11-16)12-22)24-18-10-4-7-15-6-3-9-17(19(15)18)21(24)26/h2-11,13H,1H3,(H,23,25)/t13-/m1/s1. The van der Waals surface area contributed by atoms with Gasteiger partial charge in [-0.25, -0.2) is 0 Å². The largest absolute Gasteiger partial charge is 0.324 e. The van der Waals surface area contributed by atoms with Crippen molar-refractivity contribution < 1.29 is 9.59 Å². The molecular formula is C21H15N3O2. The van der Waals surface area contributed by atoms with Gasteiger partial charge < -0.3 is 5.32 Å². The molecule has 126 valence electrons. The van der Waals surface area contributed by atoms with Crippen LogP contribution in [0.4, 0.5) is 11.4 Å². The second-order valence-electron chi connectivity index (χ2n) is 6.21. The van der Waals surface area contributed by atoms with Gasteiger partial charge in [-0.1, -0.05) is 30.3 Å². The van der Waals surface area contributed by atoms with Gasteiger partial charge in [0.25, 0.3) is 5.91 Å². The fourth-order valence-electron chi connectivity index (χ4n) is 3.35. The predicted molar refractivity (Wildman–Crippen MR) is 100 cm³/mol. The first-order valence-corrected chi connectivity index (χ1v) is 8.26. The Morgan fingerprint density at radius 3 is 2.62 bits per heavy atom. The van der Waals surface area contributed by atoms with Crippen molar-refractivity contribution in [3.8, 4) is 6.07 Å². The van der Waals surface area contributed by atoms with E-state index >= 15 is 0 Å². The highest BCUT2D eigenvalue weighted by molar-refractivity contribution is 6.26. The molecule has 0 fully saturated rings. The average Bonchev–Trinajstić information content (AvgIpc) is 2.95. The van der Waals surface area contributed by atoms with Gasteiger partial charge in [-0.3, -0.25) is 14.5 Å². The highest BCUT2D eigenvalue weighted by Gasteiger charge is 2.35. The van der Waals surface area contributed by atoms with E-state index in [0.717, 1.165) is 16.5 Å². The molecule has 0 saturated carbocycles. The molecule has 1 heterocycles. The fourth-order valence-corrected chi connectivity index (χ4v) is 3.35. The van der Waals surface area contributed by atoms with Gasteiger partial charge in [0, 0.05) is 16.6 Å². The molecule has 0 radical (unpaired) electrons. The maximum absolute atomic E-state index is 12.9. The number of carbonyl (C=O) groups is 2. The summed E-state index contributed by atoms with van der Waals surface area (Å²) < 4.78 is 0. The van der Waals surface area contributed by atoms with E-state index in [0.29, 0.717) is 16.8 Å². The molecule has 5 nitrogen and oxygen atoms in total. The number of nitriles is 1. The molecule has 1 aliphatic rings. The Labute approximate surface area is 150 Å². The Balaban J connectivity index is 1.66. The second-order valence-corrected chi connectivity index (χ2v) is 6.21. The zero-order valence-corrected chi connectivity index (χ0v) is 14.1. The summed E-state index contributed by atoms with van der Waals surface area (Å²) in [5.41, 5.74) is 2.36. The Bertz CT molecular complexity index is 1090. The second kappa shape index (κ2) is 6.01. The monoisotopic (exact) mass is 341 g/mol. The van der Waals surface area contributed by atoms with E-state index in [4.69, 9.17) is 5.26 Å². The molecule has 0 aliphatic carbocycles. The van der Waals surface area contributed by atoms with Crippen molar-refractivity contribution in [1.29, 1.82) is 5.26 Å². The number of anilines is 2. The van der Waals surface area contributed by atoms with Crippen molar-refractivity contribution >= 4 is 34.0 Å². The average molecular weight is 341 g/mol. The van der Waals surface area contributed by atoms with E-state index in [1.807, 2.05) is 36.4 Å². The molecule has 26 heavy (non-hydrogen) atoms. The lowest BCUT2D eigenvalue weighted by Gasteiger charge is -2.24. The van der Waals surface area contributed by atoms with Crippen LogP contribution < -0.4 is 10.2 Å². The summed E-state index contributed by atoms with van der Waals surface area (Å²) in [5.74, 6) is -0.483. The number of nitrogens with one attached hydrogen (secondary N) is 1. The minimum Gasteiger partial charge on any atom is -0.324 e. The SMILES string of the molecule is C[C@H](C(=O)Nc1cccc(C#N)c1)N1C(=O)c2cccc3cccc1c23. The molecule has 1 aliphatic heterocycles. The first-order valence-electron chi connectivity index (χ1n) is 8.26. The first-order chi connectivity index (χ1) is 12.6.